The van der Waals surface area contributed by atoms with Gasteiger partial charge in [0.2, 0.25) is 5.95 Å². The van der Waals surface area contributed by atoms with Crippen LogP contribution in [0.25, 0.3) is 0 Å². The van der Waals surface area contributed by atoms with Crippen molar-refractivity contribution in [2.24, 2.45) is 0 Å². The SMILES string of the molecule is Cc1cc(C)nc(NS(=O)(=O)c2ccc(NS(=O)(=O)c3cccc(Cl)c3Cl)cc2)n1. The molecule has 3 aromatic rings. The standard InChI is InChI=1S/C18H16Cl2N4O4S2/c1-11-10-12(2)22-18(21-11)24-29(25,26)14-8-6-13(7-9-14)23-30(27,28)16-5-3-4-15(19)17(16)20/h3-10,23H,1-2H3,(H,21,22,24). The molecule has 30 heavy (non-hydrogen) atoms. The Balaban J connectivity index is 1.82. The molecule has 2 aromatic carbocycles. The van der Waals surface area contributed by atoms with E-state index in [9.17, 15) is 16.8 Å². The number of halogens is 2. The molecule has 0 aliphatic heterocycles. The highest BCUT2D eigenvalue weighted by Gasteiger charge is 2.21. The molecule has 0 radical (unpaired) electrons. The number of anilines is 2. The van der Waals surface area contributed by atoms with Crippen molar-refractivity contribution in [3.05, 3.63) is 70.0 Å². The largest absolute Gasteiger partial charge is 0.280 e. The fourth-order valence-electron chi connectivity index (χ4n) is 2.55. The number of hydrogen-bond donors (Lipinski definition) is 2. The smallest absolute Gasteiger partial charge is 0.264 e. The third kappa shape index (κ3) is 5.01. The number of nitrogens with one attached hydrogen (secondary N) is 2. The van der Waals surface area contributed by atoms with Crippen LogP contribution in [0.2, 0.25) is 10.0 Å². The van der Waals surface area contributed by atoms with E-state index in [-0.39, 0.29) is 31.5 Å². The maximum absolute atomic E-state index is 12.6. The highest BCUT2D eigenvalue weighted by Crippen LogP contribution is 2.30. The molecule has 2 N–H and O–H groups in total. The van der Waals surface area contributed by atoms with Gasteiger partial charge in [-0.3, -0.25) is 4.72 Å². The van der Waals surface area contributed by atoms with Gasteiger partial charge < -0.3 is 0 Å². The molecule has 0 atom stereocenters. The summed E-state index contributed by atoms with van der Waals surface area (Å²) in [6, 6.07) is 11.1. The first kappa shape index (κ1) is 22.3. The number of sulfonamides is 2. The molecule has 0 unspecified atom stereocenters. The van der Waals surface area contributed by atoms with E-state index in [4.69, 9.17) is 23.2 Å². The van der Waals surface area contributed by atoms with E-state index >= 15 is 0 Å². The van der Waals surface area contributed by atoms with Crippen molar-refractivity contribution in [1.82, 2.24) is 9.97 Å². The molecule has 3 rings (SSSR count). The summed E-state index contributed by atoms with van der Waals surface area (Å²) in [4.78, 5) is 7.81. The average molecular weight is 487 g/mol. The van der Waals surface area contributed by atoms with E-state index < -0.39 is 20.0 Å². The monoisotopic (exact) mass is 486 g/mol. The Morgan fingerprint density at radius 2 is 1.40 bits per heavy atom. The van der Waals surface area contributed by atoms with E-state index in [0.717, 1.165) is 0 Å². The topological polar surface area (TPSA) is 118 Å². The Kier molecular flexibility index (Phi) is 6.23. The minimum absolute atomic E-state index is 0.0483. The van der Waals surface area contributed by atoms with E-state index in [0.29, 0.717) is 11.4 Å². The summed E-state index contributed by atoms with van der Waals surface area (Å²) in [6.07, 6.45) is 0. The molecule has 0 bridgehead atoms. The van der Waals surface area contributed by atoms with Gasteiger partial charge in [0, 0.05) is 17.1 Å². The molecule has 0 spiro atoms. The normalized spacial score (nSPS) is 11.9. The van der Waals surface area contributed by atoms with Gasteiger partial charge in [0.05, 0.1) is 14.9 Å². The fourth-order valence-corrected chi connectivity index (χ4v) is 5.32. The van der Waals surface area contributed by atoms with Gasteiger partial charge in [0.1, 0.15) is 4.90 Å². The molecule has 0 saturated carbocycles. The molecule has 0 aliphatic rings. The first-order chi connectivity index (χ1) is 14.0. The fraction of sp³-hybridized carbons (Fsp3) is 0.111. The predicted molar refractivity (Wildman–Crippen MR) is 116 cm³/mol. The molecule has 1 aromatic heterocycles. The van der Waals surface area contributed by atoms with Crippen LogP contribution in [0.3, 0.4) is 0 Å². The zero-order valence-electron chi connectivity index (χ0n) is 15.7. The van der Waals surface area contributed by atoms with Gasteiger partial charge in [-0.1, -0.05) is 29.3 Å². The summed E-state index contributed by atoms with van der Waals surface area (Å²) >= 11 is 11.8. The Hall–Kier alpha value is -2.40. The number of benzene rings is 2. The summed E-state index contributed by atoms with van der Waals surface area (Å²) in [5.41, 5.74) is 1.38. The summed E-state index contributed by atoms with van der Waals surface area (Å²) in [5.74, 6) is -0.0483. The van der Waals surface area contributed by atoms with Gasteiger partial charge in [-0.05, 0) is 56.3 Å². The van der Waals surface area contributed by atoms with Crippen molar-refractivity contribution in [1.29, 1.82) is 0 Å². The van der Waals surface area contributed by atoms with E-state index in [1.54, 1.807) is 19.9 Å². The third-order valence-electron chi connectivity index (χ3n) is 3.83. The number of nitrogens with zero attached hydrogens (tertiary/aromatic N) is 2. The van der Waals surface area contributed by atoms with E-state index in [1.807, 2.05) is 0 Å². The lowest BCUT2D eigenvalue weighted by Gasteiger charge is -2.11. The van der Waals surface area contributed by atoms with Crippen molar-refractivity contribution in [2.45, 2.75) is 23.6 Å². The quantitative estimate of drug-likeness (QED) is 0.543. The number of aromatic nitrogens is 2. The summed E-state index contributed by atoms with van der Waals surface area (Å²) in [5, 5.41) is -0.0100. The van der Waals surface area contributed by atoms with Crippen LogP contribution in [0.1, 0.15) is 11.4 Å². The molecule has 0 saturated heterocycles. The molecule has 158 valence electrons. The lowest BCUT2D eigenvalue weighted by molar-refractivity contribution is 0.599. The van der Waals surface area contributed by atoms with Gasteiger partial charge in [-0.2, -0.15) is 0 Å². The van der Waals surface area contributed by atoms with Gasteiger partial charge in [0.15, 0.2) is 0 Å². The lowest BCUT2D eigenvalue weighted by Crippen LogP contribution is -2.16. The van der Waals surface area contributed by atoms with Crippen molar-refractivity contribution in [3.8, 4) is 0 Å². The molecule has 8 nitrogen and oxygen atoms in total. The number of rotatable bonds is 6. The van der Waals surface area contributed by atoms with Crippen LogP contribution in [0, 0.1) is 13.8 Å². The van der Waals surface area contributed by atoms with Crippen LogP contribution in [0.4, 0.5) is 11.6 Å². The van der Waals surface area contributed by atoms with Crippen LogP contribution < -0.4 is 9.44 Å². The molecule has 12 heteroatoms. The van der Waals surface area contributed by atoms with Gasteiger partial charge in [0.25, 0.3) is 20.0 Å². The third-order valence-corrected chi connectivity index (χ3v) is 7.53. The zero-order chi connectivity index (χ0) is 22.1. The highest BCUT2D eigenvalue weighted by molar-refractivity contribution is 7.93. The van der Waals surface area contributed by atoms with Crippen molar-refractivity contribution in [2.75, 3.05) is 9.44 Å². The molecule has 0 aliphatic carbocycles. The minimum Gasteiger partial charge on any atom is -0.280 e. The molecule has 1 heterocycles. The Bertz CT molecular complexity index is 1290. The first-order valence-corrected chi connectivity index (χ1v) is 12.1. The van der Waals surface area contributed by atoms with Gasteiger partial charge >= 0.3 is 0 Å². The maximum atomic E-state index is 12.6. The van der Waals surface area contributed by atoms with Crippen molar-refractivity contribution >= 4 is 54.9 Å². The Morgan fingerprint density at radius 3 is 2.00 bits per heavy atom. The lowest BCUT2D eigenvalue weighted by atomic mass is 10.3. The Labute approximate surface area is 184 Å². The second-order valence-corrected chi connectivity index (χ2v) is 10.4. The second-order valence-electron chi connectivity index (χ2n) is 6.26. The van der Waals surface area contributed by atoms with Crippen molar-refractivity contribution in [3.63, 3.8) is 0 Å². The molecule has 0 fully saturated rings. The molecule has 0 amide bonds. The maximum Gasteiger partial charge on any atom is 0.264 e. The average Bonchev–Trinajstić information content (AvgIpc) is 2.62. The van der Waals surface area contributed by atoms with E-state index in [2.05, 4.69) is 19.4 Å². The van der Waals surface area contributed by atoms with E-state index in [1.165, 1.54) is 42.5 Å². The number of hydrogen-bond acceptors (Lipinski definition) is 6. The summed E-state index contributed by atoms with van der Waals surface area (Å²) in [7, 11) is -7.99. The van der Waals surface area contributed by atoms with Crippen LogP contribution in [-0.2, 0) is 20.0 Å². The van der Waals surface area contributed by atoms with Crippen molar-refractivity contribution < 1.29 is 16.8 Å². The van der Waals surface area contributed by atoms with Gasteiger partial charge in [-0.25, -0.2) is 31.5 Å². The second kappa shape index (κ2) is 8.38. The highest BCUT2D eigenvalue weighted by atomic mass is 35.5. The predicted octanol–water partition coefficient (Wildman–Crippen LogP) is 4.00. The zero-order valence-corrected chi connectivity index (χ0v) is 18.9. The molecular formula is C18H16Cl2N4O4S2. The Morgan fingerprint density at radius 1 is 0.800 bits per heavy atom. The number of aryl methyl sites for hydroxylation is 2. The molecular weight excluding hydrogens is 471 g/mol. The summed E-state index contributed by atoms with van der Waals surface area (Å²) < 4.78 is 54.9. The van der Waals surface area contributed by atoms with Crippen LogP contribution in [0.5, 0.6) is 0 Å². The van der Waals surface area contributed by atoms with Crippen LogP contribution in [-0.4, -0.2) is 26.8 Å². The van der Waals surface area contributed by atoms with Gasteiger partial charge in [-0.15, -0.1) is 0 Å². The summed E-state index contributed by atoms with van der Waals surface area (Å²) in [6.45, 7) is 3.44. The first-order valence-electron chi connectivity index (χ1n) is 8.40. The van der Waals surface area contributed by atoms with Crippen LogP contribution in [0.15, 0.2) is 58.3 Å². The minimum atomic E-state index is -4.02. The van der Waals surface area contributed by atoms with Crippen LogP contribution >= 0.6 is 23.2 Å².